The van der Waals surface area contributed by atoms with Gasteiger partial charge in [0, 0.05) is 23.7 Å². The molecule has 3 heterocycles. The number of nitrogens with zero attached hydrogens (tertiary/aromatic N) is 2. The first-order chi connectivity index (χ1) is 10.3. The van der Waals surface area contributed by atoms with Gasteiger partial charge in [-0.2, -0.15) is 5.10 Å². The minimum atomic E-state index is -0.409. The van der Waals surface area contributed by atoms with Gasteiger partial charge in [-0.15, -0.1) is 0 Å². The molecule has 0 amide bonds. The lowest BCUT2D eigenvalue weighted by Gasteiger charge is -2.34. The van der Waals surface area contributed by atoms with E-state index in [1.807, 2.05) is 0 Å². The van der Waals surface area contributed by atoms with E-state index in [1.54, 1.807) is 24.4 Å². The zero-order valence-corrected chi connectivity index (χ0v) is 11.1. The molecule has 4 rings (SSSR count). The number of H-pyrrole nitrogens is 1. The highest BCUT2D eigenvalue weighted by Gasteiger charge is 2.42. The summed E-state index contributed by atoms with van der Waals surface area (Å²) in [5.74, 6) is -0.413. The van der Waals surface area contributed by atoms with Gasteiger partial charge >= 0.3 is 0 Å². The average molecular weight is 284 g/mol. The van der Waals surface area contributed by atoms with Crippen LogP contribution in [-0.2, 0) is 4.79 Å². The number of rotatable bonds is 1. The van der Waals surface area contributed by atoms with Crippen molar-refractivity contribution in [1.82, 2.24) is 15.5 Å². The first kappa shape index (κ1) is 12.4. The number of aromatic nitrogens is 2. The van der Waals surface area contributed by atoms with Crippen molar-refractivity contribution in [3.8, 4) is 0 Å². The molecule has 6 heteroatoms. The lowest BCUT2D eigenvalue weighted by atomic mass is 9.73. The Morgan fingerprint density at radius 3 is 2.86 bits per heavy atom. The minimum Gasteiger partial charge on any atom is -0.305 e. The number of benzene rings is 1. The van der Waals surface area contributed by atoms with Crippen LogP contribution in [0.3, 0.4) is 0 Å². The summed E-state index contributed by atoms with van der Waals surface area (Å²) in [7, 11) is 0. The highest BCUT2D eigenvalue weighted by molar-refractivity contribution is 6.11. The molecule has 1 fully saturated rings. The smallest absolute Gasteiger partial charge is 0.156 e. The topological polar surface area (TPSA) is 70.1 Å². The molecule has 2 N–H and O–H groups in total. The summed E-state index contributed by atoms with van der Waals surface area (Å²) in [6, 6.07) is 6.59. The molecule has 2 aliphatic rings. The number of fused-ring (bicyclic) bond motifs is 2. The van der Waals surface area contributed by atoms with E-state index in [4.69, 9.17) is 0 Å². The zero-order chi connectivity index (χ0) is 14.4. The molecule has 0 spiro atoms. The van der Waals surface area contributed by atoms with E-state index >= 15 is 0 Å². The second-order valence-corrected chi connectivity index (χ2v) is 5.32. The Kier molecular flexibility index (Phi) is 2.71. The Morgan fingerprint density at radius 1 is 1.14 bits per heavy atom. The molecule has 1 saturated heterocycles. The third kappa shape index (κ3) is 1.83. The normalized spacial score (nSPS) is 24.2. The molecule has 5 nitrogen and oxygen atoms in total. The Hall–Kier alpha value is -2.34. The molecule has 1 unspecified atom stereocenters. The highest BCUT2D eigenvalue weighted by Crippen LogP contribution is 2.42. The maximum Gasteiger partial charge on any atom is 0.156 e. The van der Waals surface area contributed by atoms with Crippen LogP contribution in [0.2, 0.25) is 0 Å². The van der Waals surface area contributed by atoms with Crippen LogP contribution in [0.25, 0.3) is 0 Å². The molecule has 2 aliphatic heterocycles. The summed E-state index contributed by atoms with van der Waals surface area (Å²) in [4.78, 5) is 16.8. The van der Waals surface area contributed by atoms with Crippen LogP contribution in [0.5, 0.6) is 0 Å². The fraction of sp³-hybridized carbons (Fsp3) is 0.267. The van der Waals surface area contributed by atoms with Crippen LogP contribution in [0.4, 0.5) is 10.2 Å². The number of ketones is 1. The first-order valence-corrected chi connectivity index (χ1v) is 6.84. The van der Waals surface area contributed by atoms with E-state index in [2.05, 4.69) is 20.5 Å². The van der Waals surface area contributed by atoms with E-state index in [0.717, 1.165) is 11.3 Å². The zero-order valence-electron chi connectivity index (χ0n) is 11.1. The quantitative estimate of drug-likeness (QED) is 0.835. The summed E-state index contributed by atoms with van der Waals surface area (Å²) in [6.07, 6.45) is 1.64. The average Bonchev–Trinajstić information content (AvgIpc) is 2.94. The lowest BCUT2D eigenvalue weighted by Crippen LogP contribution is -2.48. The van der Waals surface area contributed by atoms with Gasteiger partial charge in [0.1, 0.15) is 5.82 Å². The van der Waals surface area contributed by atoms with Crippen molar-refractivity contribution in [1.29, 1.82) is 0 Å². The Balaban J connectivity index is 1.93. The van der Waals surface area contributed by atoms with Crippen molar-refractivity contribution < 1.29 is 9.18 Å². The largest absolute Gasteiger partial charge is 0.305 e. The fourth-order valence-electron chi connectivity index (χ4n) is 3.21. The van der Waals surface area contributed by atoms with Crippen LogP contribution in [-0.4, -0.2) is 34.8 Å². The number of nitrogens with one attached hydrogen (secondary N) is 2. The molecule has 0 radical (unpaired) electrons. The van der Waals surface area contributed by atoms with Crippen molar-refractivity contribution >= 4 is 17.3 Å². The van der Waals surface area contributed by atoms with Crippen molar-refractivity contribution in [2.24, 2.45) is 10.9 Å². The standard InChI is InChI=1S/C15H13FN4O/c16-10-4-2-1-3-8(10)13-9-5-18-20-15(9)19-11-6-17-7-12(21)14(11)13/h1-5,13-14,17H,6-7H2,(H,18,20)/t13-,14?/m0/s1. The maximum absolute atomic E-state index is 14.3. The van der Waals surface area contributed by atoms with Gasteiger partial charge < -0.3 is 5.32 Å². The number of hydrogen-bond donors (Lipinski definition) is 2. The number of piperidine rings is 1. The van der Waals surface area contributed by atoms with Crippen LogP contribution in [0.15, 0.2) is 35.5 Å². The van der Waals surface area contributed by atoms with Crippen LogP contribution >= 0.6 is 0 Å². The van der Waals surface area contributed by atoms with Gasteiger partial charge in [-0.3, -0.25) is 9.89 Å². The number of halogens is 1. The summed E-state index contributed by atoms with van der Waals surface area (Å²) in [5.41, 5.74) is 2.05. The van der Waals surface area contributed by atoms with Crippen LogP contribution in [0.1, 0.15) is 17.0 Å². The van der Waals surface area contributed by atoms with Crippen molar-refractivity contribution in [2.45, 2.75) is 5.92 Å². The van der Waals surface area contributed by atoms with E-state index < -0.39 is 5.92 Å². The highest BCUT2D eigenvalue weighted by atomic mass is 19.1. The predicted octanol–water partition coefficient (Wildman–Crippen LogP) is 1.56. The molecule has 106 valence electrons. The van der Waals surface area contributed by atoms with Crippen LogP contribution < -0.4 is 5.32 Å². The fourth-order valence-corrected chi connectivity index (χ4v) is 3.21. The van der Waals surface area contributed by atoms with Gasteiger partial charge in [0.15, 0.2) is 11.6 Å². The summed E-state index contributed by atoms with van der Waals surface area (Å²) in [5, 5.41) is 9.87. The SMILES string of the molecule is O=C1CNCC2=Nc3[nH]ncc3[C@H](c3ccccc3F)C12. The van der Waals surface area contributed by atoms with Gasteiger partial charge in [-0.25, -0.2) is 9.38 Å². The first-order valence-electron chi connectivity index (χ1n) is 6.84. The van der Waals surface area contributed by atoms with Gasteiger partial charge in [-0.1, -0.05) is 18.2 Å². The number of aliphatic imine (C=N–C) groups is 1. The van der Waals surface area contributed by atoms with Crippen molar-refractivity contribution in [3.05, 3.63) is 47.4 Å². The van der Waals surface area contributed by atoms with Gasteiger partial charge in [0.25, 0.3) is 0 Å². The molecular weight excluding hydrogens is 271 g/mol. The van der Waals surface area contributed by atoms with E-state index in [1.165, 1.54) is 6.07 Å². The Morgan fingerprint density at radius 2 is 2.00 bits per heavy atom. The van der Waals surface area contributed by atoms with Gasteiger partial charge in [-0.05, 0) is 11.6 Å². The van der Waals surface area contributed by atoms with Gasteiger partial charge in [0.2, 0.25) is 0 Å². The number of aromatic amines is 1. The van der Waals surface area contributed by atoms with Crippen LogP contribution in [0, 0.1) is 11.7 Å². The number of carbonyl (C=O) groups is 1. The van der Waals surface area contributed by atoms with Crippen molar-refractivity contribution in [2.75, 3.05) is 13.1 Å². The Labute approximate surface area is 120 Å². The second-order valence-electron chi connectivity index (χ2n) is 5.32. The van der Waals surface area contributed by atoms with E-state index in [9.17, 15) is 9.18 Å². The number of hydrogen-bond acceptors (Lipinski definition) is 4. The molecule has 2 aromatic rings. The molecule has 0 bridgehead atoms. The summed E-state index contributed by atoms with van der Waals surface area (Å²) < 4.78 is 14.3. The molecule has 21 heavy (non-hydrogen) atoms. The summed E-state index contributed by atoms with van der Waals surface area (Å²) in [6.45, 7) is 0.835. The molecular formula is C15H13FN4O. The molecule has 2 atom stereocenters. The molecule has 0 aliphatic carbocycles. The number of carbonyl (C=O) groups excluding carboxylic acids is 1. The second kappa shape index (κ2) is 4.60. The minimum absolute atomic E-state index is 0.0418. The molecule has 1 aromatic carbocycles. The molecule has 1 aromatic heterocycles. The third-order valence-corrected chi connectivity index (χ3v) is 4.12. The number of Topliss-reactive ketones (excluding diaryl/α,β-unsaturated/α-hetero) is 1. The predicted molar refractivity (Wildman–Crippen MR) is 75.3 cm³/mol. The van der Waals surface area contributed by atoms with E-state index in [0.29, 0.717) is 24.5 Å². The third-order valence-electron chi connectivity index (χ3n) is 4.12. The van der Waals surface area contributed by atoms with Gasteiger partial charge in [0.05, 0.1) is 18.7 Å². The summed E-state index contributed by atoms with van der Waals surface area (Å²) >= 11 is 0. The molecule has 0 saturated carbocycles. The Bertz CT molecular complexity index is 752. The van der Waals surface area contributed by atoms with E-state index in [-0.39, 0.29) is 17.5 Å². The maximum atomic E-state index is 14.3. The monoisotopic (exact) mass is 284 g/mol. The lowest BCUT2D eigenvalue weighted by molar-refractivity contribution is -0.120. The van der Waals surface area contributed by atoms with Crippen molar-refractivity contribution in [3.63, 3.8) is 0 Å².